The summed E-state index contributed by atoms with van der Waals surface area (Å²) in [4.78, 5) is 4.70. The van der Waals surface area contributed by atoms with E-state index in [9.17, 15) is 5.11 Å². The molecule has 0 aliphatic rings. The summed E-state index contributed by atoms with van der Waals surface area (Å²) in [5.41, 5.74) is 1.38. The van der Waals surface area contributed by atoms with Gasteiger partial charge in [-0.1, -0.05) is 13.0 Å². The van der Waals surface area contributed by atoms with E-state index in [1.165, 1.54) is 0 Å². The molecule has 0 unspecified atom stereocenters. The SMILES string of the molecule is CCC(=NC(C)(C)C)c1cccc(OCCOCCOCCOC)c1O. The highest BCUT2D eigenvalue weighted by Crippen LogP contribution is 2.31. The van der Waals surface area contributed by atoms with Crippen molar-refractivity contribution in [3.8, 4) is 11.5 Å². The van der Waals surface area contributed by atoms with Crippen LogP contribution in [0.3, 0.4) is 0 Å². The van der Waals surface area contributed by atoms with Crippen molar-refractivity contribution in [1.29, 1.82) is 0 Å². The Morgan fingerprint density at radius 3 is 2.19 bits per heavy atom. The van der Waals surface area contributed by atoms with Crippen molar-refractivity contribution in [2.24, 2.45) is 4.99 Å². The fourth-order valence-electron chi connectivity index (χ4n) is 2.28. The number of phenolic OH excluding ortho intramolecular Hbond substituents is 1. The average molecular weight is 367 g/mol. The number of ether oxygens (including phenoxy) is 4. The maximum Gasteiger partial charge on any atom is 0.166 e. The zero-order valence-corrected chi connectivity index (χ0v) is 16.7. The number of phenols is 1. The van der Waals surface area contributed by atoms with Crippen LogP contribution >= 0.6 is 0 Å². The second kappa shape index (κ2) is 11.9. The summed E-state index contributed by atoms with van der Waals surface area (Å²) >= 11 is 0. The number of aromatic hydroxyl groups is 1. The molecule has 0 aliphatic heterocycles. The molecule has 0 atom stereocenters. The van der Waals surface area contributed by atoms with Gasteiger partial charge in [-0.05, 0) is 39.3 Å². The van der Waals surface area contributed by atoms with Crippen molar-refractivity contribution < 1.29 is 24.1 Å². The van der Waals surface area contributed by atoms with E-state index in [0.29, 0.717) is 51.0 Å². The van der Waals surface area contributed by atoms with Crippen molar-refractivity contribution in [3.63, 3.8) is 0 Å². The van der Waals surface area contributed by atoms with Gasteiger partial charge in [0.15, 0.2) is 11.5 Å². The molecule has 1 N–H and O–H groups in total. The summed E-state index contributed by atoms with van der Waals surface area (Å²) in [6.07, 6.45) is 0.737. The Labute approximate surface area is 157 Å². The normalized spacial score (nSPS) is 12.4. The van der Waals surface area contributed by atoms with Crippen LogP contribution < -0.4 is 4.74 Å². The summed E-state index contributed by atoms with van der Waals surface area (Å²) in [6, 6.07) is 5.48. The minimum atomic E-state index is -0.201. The second-order valence-electron chi connectivity index (χ2n) is 6.80. The Kier molecular flexibility index (Phi) is 10.2. The molecule has 0 amide bonds. The Balaban J connectivity index is 2.50. The van der Waals surface area contributed by atoms with Gasteiger partial charge >= 0.3 is 0 Å². The van der Waals surface area contributed by atoms with E-state index in [1.54, 1.807) is 13.2 Å². The highest BCUT2D eigenvalue weighted by Gasteiger charge is 2.15. The number of hydrogen-bond donors (Lipinski definition) is 1. The fraction of sp³-hybridized carbons (Fsp3) is 0.650. The van der Waals surface area contributed by atoms with Gasteiger partial charge in [-0.2, -0.15) is 0 Å². The molecule has 0 radical (unpaired) electrons. The molecule has 1 rings (SSSR count). The molecule has 0 aliphatic carbocycles. The van der Waals surface area contributed by atoms with Crippen LogP contribution in [0.4, 0.5) is 0 Å². The number of para-hydroxylation sites is 1. The van der Waals surface area contributed by atoms with E-state index < -0.39 is 0 Å². The van der Waals surface area contributed by atoms with Crippen molar-refractivity contribution in [2.75, 3.05) is 46.8 Å². The zero-order valence-electron chi connectivity index (χ0n) is 16.7. The zero-order chi connectivity index (χ0) is 19.4. The van der Waals surface area contributed by atoms with Gasteiger partial charge in [0.2, 0.25) is 0 Å². The first-order chi connectivity index (χ1) is 12.4. The van der Waals surface area contributed by atoms with Gasteiger partial charge in [-0.3, -0.25) is 4.99 Å². The van der Waals surface area contributed by atoms with Crippen LogP contribution in [0.15, 0.2) is 23.2 Å². The molecule has 0 spiro atoms. The van der Waals surface area contributed by atoms with E-state index in [1.807, 2.05) is 39.8 Å². The van der Waals surface area contributed by atoms with E-state index in [2.05, 4.69) is 0 Å². The van der Waals surface area contributed by atoms with Crippen molar-refractivity contribution in [1.82, 2.24) is 0 Å². The third-order valence-corrected chi connectivity index (χ3v) is 3.40. The van der Waals surface area contributed by atoms with E-state index in [-0.39, 0.29) is 11.3 Å². The van der Waals surface area contributed by atoms with Crippen LogP contribution in [-0.2, 0) is 14.2 Å². The monoisotopic (exact) mass is 367 g/mol. The van der Waals surface area contributed by atoms with Crippen LogP contribution in [0.5, 0.6) is 11.5 Å². The first-order valence-electron chi connectivity index (χ1n) is 9.07. The topological polar surface area (TPSA) is 69.5 Å². The number of methoxy groups -OCH3 is 1. The molecule has 1 aromatic carbocycles. The Bertz CT molecular complexity index is 552. The molecule has 6 nitrogen and oxygen atoms in total. The minimum Gasteiger partial charge on any atom is -0.504 e. The van der Waals surface area contributed by atoms with Gasteiger partial charge < -0.3 is 24.1 Å². The summed E-state index contributed by atoms with van der Waals surface area (Å²) in [5.74, 6) is 0.567. The summed E-state index contributed by atoms with van der Waals surface area (Å²) in [5, 5.41) is 10.5. The van der Waals surface area contributed by atoms with Crippen molar-refractivity contribution >= 4 is 5.71 Å². The molecule has 0 heterocycles. The van der Waals surface area contributed by atoms with Gasteiger partial charge in [0, 0.05) is 18.4 Å². The molecule has 6 heteroatoms. The predicted octanol–water partition coefficient (Wildman–Crippen LogP) is 3.45. The molecule has 0 bridgehead atoms. The van der Waals surface area contributed by atoms with Crippen molar-refractivity contribution in [3.05, 3.63) is 23.8 Å². The van der Waals surface area contributed by atoms with Gasteiger partial charge in [0.05, 0.1) is 38.6 Å². The maximum atomic E-state index is 10.5. The smallest absolute Gasteiger partial charge is 0.166 e. The van der Waals surface area contributed by atoms with Crippen LogP contribution in [0.1, 0.15) is 39.7 Å². The number of benzene rings is 1. The minimum absolute atomic E-state index is 0.125. The standard InChI is InChI=1S/C20H33NO5/c1-6-17(21-20(2,3)4)16-8-7-9-18(19(16)22)26-15-14-25-13-12-24-11-10-23-5/h7-9,22H,6,10-15H2,1-5H3. The van der Waals surface area contributed by atoms with Crippen LogP contribution in [0, 0.1) is 0 Å². The molecule has 26 heavy (non-hydrogen) atoms. The number of hydrogen-bond acceptors (Lipinski definition) is 6. The van der Waals surface area contributed by atoms with E-state index in [0.717, 1.165) is 12.1 Å². The van der Waals surface area contributed by atoms with Gasteiger partial charge in [0.1, 0.15) is 6.61 Å². The molecule has 0 aromatic heterocycles. The first-order valence-corrected chi connectivity index (χ1v) is 9.07. The number of rotatable bonds is 12. The molecule has 0 saturated carbocycles. The molecular weight excluding hydrogens is 334 g/mol. The Morgan fingerprint density at radius 2 is 1.62 bits per heavy atom. The summed E-state index contributed by atoms with van der Waals surface area (Å²) in [6.45, 7) is 11.1. The Hall–Kier alpha value is -1.63. The lowest BCUT2D eigenvalue weighted by molar-refractivity contribution is 0.0178. The average Bonchev–Trinajstić information content (AvgIpc) is 2.59. The molecule has 1 aromatic rings. The van der Waals surface area contributed by atoms with E-state index >= 15 is 0 Å². The molecule has 148 valence electrons. The maximum absolute atomic E-state index is 10.5. The first kappa shape index (κ1) is 22.4. The van der Waals surface area contributed by atoms with Gasteiger partial charge in [0.25, 0.3) is 0 Å². The van der Waals surface area contributed by atoms with Crippen molar-refractivity contribution in [2.45, 2.75) is 39.7 Å². The van der Waals surface area contributed by atoms with Gasteiger partial charge in [-0.25, -0.2) is 0 Å². The highest BCUT2D eigenvalue weighted by molar-refractivity contribution is 6.03. The predicted molar refractivity (Wildman–Crippen MR) is 104 cm³/mol. The van der Waals surface area contributed by atoms with Gasteiger partial charge in [-0.15, -0.1) is 0 Å². The van der Waals surface area contributed by atoms with Crippen LogP contribution in [-0.4, -0.2) is 63.1 Å². The molecule has 0 fully saturated rings. The van der Waals surface area contributed by atoms with Crippen LogP contribution in [0.25, 0.3) is 0 Å². The summed E-state index contributed by atoms with van der Waals surface area (Å²) < 4.78 is 21.3. The lowest BCUT2D eigenvalue weighted by Crippen LogP contribution is -2.15. The quantitative estimate of drug-likeness (QED) is 0.453. The summed E-state index contributed by atoms with van der Waals surface area (Å²) in [7, 11) is 1.64. The lowest BCUT2D eigenvalue weighted by Gasteiger charge is -2.17. The molecule has 0 saturated heterocycles. The fourth-order valence-corrected chi connectivity index (χ4v) is 2.28. The third-order valence-electron chi connectivity index (χ3n) is 3.40. The largest absolute Gasteiger partial charge is 0.504 e. The number of nitrogens with zero attached hydrogens (tertiary/aromatic N) is 1. The second-order valence-corrected chi connectivity index (χ2v) is 6.80. The van der Waals surface area contributed by atoms with Crippen LogP contribution in [0.2, 0.25) is 0 Å². The Morgan fingerprint density at radius 1 is 1.00 bits per heavy atom. The van der Waals surface area contributed by atoms with E-state index in [4.69, 9.17) is 23.9 Å². The molecular formula is C20H33NO5. The number of aliphatic imine (C=N–C) groups is 1. The highest BCUT2D eigenvalue weighted by atomic mass is 16.6. The third kappa shape index (κ3) is 8.65. The lowest BCUT2D eigenvalue weighted by atomic mass is 10.0.